The van der Waals surface area contributed by atoms with Crippen LogP contribution in [0.2, 0.25) is 0 Å². The second kappa shape index (κ2) is 9.84. The van der Waals surface area contributed by atoms with Crippen LogP contribution in [0, 0.1) is 0 Å². The Balaban J connectivity index is 2.81. The smallest absolute Gasteiger partial charge is 0.341 e. The number of nitrogens with zero attached hydrogens (tertiary/aromatic N) is 1. The largest absolute Gasteiger partial charge is 0.462 e. The topological polar surface area (TPSA) is 81.9 Å². The van der Waals surface area contributed by atoms with Gasteiger partial charge in [0.1, 0.15) is 6.61 Å². The van der Waals surface area contributed by atoms with Crippen molar-refractivity contribution >= 4 is 17.6 Å². The molecule has 6 heteroatoms. The summed E-state index contributed by atoms with van der Waals surface area (Å²) in [5.74, 6) is -1.16. The van der Waals surface area contributed by atoms with Crippen LogP contribution in [0.15, 0.2) is 18.2 Å². The van der Waals surface area contributed by atoms with E-state index in [4.69, 9.17) is 15.2 Å². The first-order valence-corrected chi connectivity index (χ1v) is 8.00. The van der Waals surface area contributed by atoms with Gasteiger partial charge in [-0.05, 0) is 31.6 Å². The molecular formula is C17H26N2O4. The summed E-state index contributed by atoms with van der Waals surface area (Å²) in [5, 5.41) is 0. The van der Waals surface area contributed by atoms with Gasteiger partial charge in [-0.15, -0.1) is 0 Å². The van der Waals surface area contributed by atoms with Crippen LogP contribution >= 0.6 is 0 Å². The summed E-state index contributed by atoms with van der Waals surface area (Å²) in [7, 11) is 0. The van der Waals surface area contributed by atoms with Gasteiger partial charge in [-0.3, -0.25) is 0 Å². The highest BCUT2D eigenvalue weighted by Gasteiger charge is 2.22. The van der Waals surface area contributed by atoms with E-state index in [9.17, 15) is 9.59 Å². The second-order valence-electron chi connectivity index (χ2n) is 5.07. The SMILES string of the molecule is CCCOC(=O)c1cccc(N)c1C(=O)OCCN(CC)CC. The predicted octanol–water partition coefficient (Wildman–Crippen LogP) is 2.33. The van der Waals surface area contributed by atoms with Crippen molar-refractivity contribution in [1.82, 2.24) is 4.90 Å². The van der Waals surface area contributed by atoms with Crippen LogP contribution in [-0.2, 0) is 9.47 Å². The van der Waals surface area contributed by atoms with Crippen molar-refractivity contribution in [2.24, 2.45) is 0 Å². The zero-order valence-corrected chi connectivity index (χ0v) is 14.1. The molecule has 0 aromatic heterocycles. The highest BCUT2D eigenvalue weighted by molar-refractivity contribution is 6.06. The molecule has 1 aromatic rings. The van der Waals surface area contributed by atoms with E-state index >= 15 is 0 Å². The zero-order chi connectivity index (χ0) is 17.2. The van der Waals surface area contributed by atoms with Gasteiger partial charge < -0.3 is 20.1 Å². The molecular weight excluding hydrogens is 296 g/mol. The Bertz CT molecular complexity index is 527. The first-order valence-electron chi connectivity index (χ1n) is 8.00. The Morgan fingerprint density at radius 2 is 1.70 bits per heavy atom. The number of ether oxygens (including phenoxy) is 2. The summed E-state index contributed by atoms with van der Waals surface area (Å²) < 4.78 is 10.4. The molecule has 0 aliphatic heterocycles. The second-order valence-corrected chi connectivity index (χ2v) is 5.07. The molecule has 0 unspecified atom stereocenters. The summed E-state index contributed by atoms with van der Waals surface area (Å²) in [6.45, 7) is 8.94. The Morgan fingerprint density at radius 1 is 1.04 bits per heavy atom. The number of rotatable bonds is 9. The molecule has 1 rings (SSSR count). The highest BCUT2D eigenvalue weighted by Crippen LogP contribution is 2.19. The minimum absolute atomic E-state index is 0.0770. The molecule has 0 fully saturated rings. The monoisotopic (exact) mass is 322 g/mol. The fourth-order valence-corrected chi connectivity index (χ4v) is 2.12. The summed E-state index contributed by atoms with van der Waals surface area (Å²) in [6.07, 6.45) is 0.706. The summed E-state index contributed by atoms with van der Waals surface area (Å²) in [4.78, 5) is 26.5. The van der Waals surface area contributed by atoms with Gasteiger partial charge in [-0.25, -0.2) is 9.59 Å². The molecule has 1 aromatic carbocycles. The number of hydrogen-bond donors (Lipinski definition) is 1. The molecule has 128 valence electrons. The van der Waals surface area contributed by atoms with E-state index in [-0.39, 0.29) is 23.4 Å². The average Bonchev–Trinajstić information content (AvgIpc) is 2.56. The van der Waals surface area contributed by atoms with E-state index in [2.05, 4.69) is 4.90 Å². The molecule has 0 aliphatic rings. The number of anilines is 1. The number of likely N-dealkylation sites (N-methyl/N-ethyl adjacent to an activating group) is 1. The fraction of sp³-hybridized carbons (Fsp3) is 0.529. The molecule has 0 atom stereocenters. The van der Waals surface area contributed by atoms with Gasteiger partial charge in [0.2, 0.25) is 0 Å². The number of nitrogen functional groups attached to an aromatic ring is 1. The quantitative estimate of drug-likeness (QED) is 0.555. The standard InChI is InChI=1S/C17H26N2O4/c1-4-11-22-16(20)13-8-7-9-14(18)15(13)17(21)23-12-10-19(5-2)6-3/h7-9H,4-6,10-12,18H2,1-3H3. The highest BCUT2D eigenvalue weighted by atomic mass is 16.5. The van der Waals surface area contributed by atoms with Crippen LogP contribution in [-0.4, -0.2) is 49.7 Å². The van der Waals surface area contributed by atoms with Crippen LogP contribution in [0.25, 0.3) is 0 Å². The van der Waals surface area contributed by atoms with Gasteiger partial charge in [0.25, 0.3) is 0 Å². The van der Waals surface area contributed by atoms with E-state index in [1.54, 1.807) is 12.1 Å². The van der Waals surface area contributed by atoms with E-state index in [1.165, 1.54) is 6.07 Å². The predicted molar refractivity (Wildman–Crippen MR) is 89.5 cm³/mol. The van der Waals surface area contributed by atoms with Gasteiger partial charge in [-0.2, -0.15) is 0 Å². The Hall–Kier alpha value is -2.08. The molecule has 6 nitrogen and oxygen atoms in total. The minimum atomic E-state index is -0.598. The molecule has 0 radical (unpaired) electrons. The van der Waals surface area contributed by atoms with Crippen molar-refractivity contribution in [2.75, 3.05) is 38.6 Å². The Morgan fingerprint density at radius 3 is 2.30 bits per heavy atom. The van der Waals surface area contributed by atoms with Gasteiger partial charge >= 0.3 is 11.9 Å². The van der Waals surface area contributed by atoms with Crippen molar-refractivity contribution in [3.63, 3.8) is 0 Å². The number of esters is 2. The Kier molecular flexibility index (Phi) is 8.11. The van der Waals surface area contributed by atoms with Gasteiger partial charge in [0.15, 0.2) is 0 Å². The van der Waals surface area contributed by atoms with Gasteiger partial charge in [-0.1, -0.05) is 26.8 Å². The lowest BCUT2D eigenvalue weighted by Gasteiger charge is -2.18. The average molecular weight is 322 g/mol. The maximum absolute atomic E-state index is 12.3. The zero-order valence-electron chi connectivity index (χ0n) is 14.1. The van der Waals surface area contributed by atoms with E-state index in [0.717, 1.165) is 13.1 Å². The van der Waals surface area contributed by atoms with Crippen LogP contribution in [0.4, 0.5) is 5.69 Å². The lowest BCUT2D eigenvalue weighted by atomic mass is 10.1. The van der Waals surface area contributed by atoms with E-state index < -0.39 is 11.9 Å². The first-order chi connectivity index (χ1) is 11.0. The number of benzene rings is 1. The van der Waals surface area contributed by atoms with Crippen LogP contribution in [0.5, 0.6) is 0 Å². The fourth-order valence-electron chi connectivity index (χ4n) is 2.12. The maximum atomic E-state index is 12.3. The lowest BCUT2D eigenvalue weighted by molar-refractivity contribution is 0.0436. The third kappa shape index (κ3) is 5.56. The molecule has 0 spiro atoms. The number of nitrogens with two attached hydrogens (primary N) is 1. The molecule has 0 amide bonds. The normalized spacial score (nSPS) is 10.6. The Labute approximate surface area is 137 Å². The summed E-state index contributed by atoms with van der Waals surface area (Å²) >= 11 is 0. The number of hydrogen-bond acceptors (Lipinski definition) is 6. The number of carbonyl (C=O) groups is 2. The van der Waals surface area contributed by atoms with E-state index in [1.807, 2.05) is 20.8 Å². The third-order valence-corrected chi connectivity index (χ3v) is 3.49. The maximum Gasteiger partial charge on any atom is 0.341 e. The van der Waals surface area contributed by atoms with Crippen molar-refractivity contribution in [3.8, 4) is 0 Å². The van der Waals surface area contributed by atoms with Crippen molar-refractivity contribution < 1.29 is 19.1 Å². The first kappa shape index (κ1) is 19.0. The minimum Gasteiger partial charge on any atom is -0.462 e. The van der Waals surface area contributed by atoms with Crippen molar-refractivity contribution in [2.45, 2.75) is 27.2 Å². The molecule has 0 saturated carbocycles. The van der Waals surface area contributed by atoms with Crippen LogP contribution < -0.4 is 5.73 Å². The van der Waals surface area contributed by atoms with Gasteiger partial charge in [0, 0.05) is 12.2 Å². The van der Waals surface area contributed by atoms with Crippen LogP contribution in [0.3, 0.4) is 0 Å². The van der Waals surface area contributed by atoms with Gasteiger partial charge in [0.05, 0.1) is 17.7 Å². The third-order valence-electron chi connectivity index (χ3n) is 3.49. The molecule has 0 heterocycles. The molecule has 0 bridgehead atoms. The number of carbonyl (C=O) groups excluding carboxylic acids is 2. The lowest BCUT2D eigenvalue weighted by Crippen LogP contribution is -2.28. The summed E-state index contributed by atoms with van der Waals surface area (Å²) in [6, 6.07) is 4.71. The van der Waals surface area contributed by atoms with Crippen molar-refractivity contribution in [3.05, 3.63) is 29.3 Å². The molecule has 0 aliphatic carbocycles. The molecule has 23 heavy (non-hydrogen) atoms. The molecule has 2 N–H and O–H groups in total. The van der Waals surface area contributed by atoms with E-state index in [0.29, 0.717) is 19.6 Å². The van der Waals surface area contributed by atoms with Crippen LogP contribution in [0.1, 0.15) is 47.9 Å². The molecule has 0 saturated heterocycles. The summed E-state index contributed by atoms with van der Waals surface area (Å²) in [5.41, 5.74) is 6.29. The van der Waals surface area contributed by atoms with Crippen molar-refractivity contribution in [1.29, 1.82) is 0 Å².